The third-order valence-corrected chi connectivity index (χ3v) is 4.10. The summed E-state index contributed by atoms with van der Waals surface area (Å²) in [6.07, 6.45) is 9.61. The lowest BCUT2D eigenvalue weighted by atomic mass is 10.2. The number of unbranched alkanes of at least 4 members (excludes halogenated alkanes) is 2. The van der Waals surface area contributed by atoms with Crippen LogP contribution >= 0.6 is 0 Å². The zero-order valence-corrected chi connectivity index (χ0v) is 13.4. The lowest BCUT2D eigenvalue weighted by Crippen LogP contribution is -1.99. The first-order valence-corrected chi connectivity index (χ1v) is 8.65. The number of aryl methyl sites for hydroxylation is 1. The largest absolute Gasteiger partial charge is 0.386 e. The van der Waals surface area contributed by atoms with Gasteiger partial charge in [0.15, 0.2) is 0 Å². The number of hydrogen-bond donors (Lipinski definition) is 2. The van der Waals surface area contributed by atoms with Crippen molar-refractivity contribution < 1.29 is 18.1 Å². The summed E-state index contributed by atoms with van der Waals surface area (Å²) in [5.74, 6) is 0. The van der Waals surface area contributed by atoms with Crippen molar-refractivity contribution in [3.63, 3.8) is 0 Å². The van der Waals surface area contributed by atoms with Gasteiger partial charge >= 0.3 is 0 Å². The summed E-state index contributed by atoms with van der Waals surface area (Å²) in [4.78, 5) is -0.0666. The standard InChI is InChI=1S/C9H16O.C7H8O3S/c1-2-3-4-5-6-9(10)7-8-9;1-6-2-4-7(5-3-6)11(8,9)10/h5-6,10H,2-4,7-8H2,1H3;2-5H,1H3,(H,8,9,10). The van der Waals surface area contributed by atoms with E-state index in [1.165, 1.54) is 25.0 Å². The van der Waals surface area contributed by atoms with E-state index in [2.05, 4.69) is 13.0 Å². The molecular formula is C16H24O4S. The predicted octanol–water partition coefficient (Wildman–Crippen LogP) is 3.50. The van der Waals surface area contributed by atoms with Gasteiger partial charge in [-0.15, -0.1) is 0 Å². The maximum atomic E-state index is 10.5. The Morgan fingerprint density at radius 1 is 1.24 bits per heavy atom. The molecule has 5 heteroatoms. The molecule has 0 amide bonds. The van der Waals surface area contributed by atoms with Gasteiger partial charge in [0.2, 0.25) is 0 Å². The molecule has 0 atom stereocenters. The van der Waals surface area contributed by atoms with Crippen LogP contribution in [-0.2, 0) is 10.1 Å². The van der Waals surface area contributed by atoms with Gasteiger partial charge in [-0.25, -0.2) is 0 Å². The normalized spacial score (nSPS) is 16.4. The van der Waals surface area contributed by atoms with E-state index in [0.717, 1.165) is 24.8 Å². The van der Waals surface area contributed by atoms with Gasteiger partial charge in [-0.05, 0) is 38.3 Å². The minimum atomic E-state index is -4.02. The smallest absolute Gasteiger partial charge is 0.294 e. The van der Waals surface area contributed by atoms with Gasteiger partial charge in [0.05, 0.1) is 10.5 Å². The minimum Gasteiger partial charge on any atom is -0.386 e. The molecule has 0 heterocycles. The molecule has 0 aliphatic heterocycles. The molecule has 0 saturated heterocycles. The van der Waals surface area contributed by atoms with E-state index in [-0.39, 0.29) is 10.5 Å². The predicted molar refractivity (Wildman–Crippen MR) is 83.8 cm³/mol. The highest BCUT2D eigenvalue weighted by atomic mass is 32.2. The molecule has 1 saturated carbocycles. The van der Waals surface area contributed by atoms with Gasteiger partial charge in [0.1, 0.15) is 0 Å². The summed E-state index contributed by atoms with van der Waals surface area (Å²) in [7, 11) is -4.02. The summed E-state index contributed by atoms with van der Waals surface area (Å²) in [6, 6.07) is 5.99. The summed E-state index contributed by atoms with van der Waals surface area (Å²) in [5, 5.41) is 9.34. The zero-order valence-electron chi connectivity index (χ0n) is 12.6. The number of benzene rings is 1. The molecular weight excluding hydrogens is 288 g/mol. The van der Waals surface area contributed by atoms with Crippen LogP contribution in [0.15, 0.2) is 41.3 Å². The summed E-state index contributed by atoms with van der Waals surface area (Å²) in [6.45, 7) is 4.02. The monoisotopic (exact) mass is 312 g/mol. The molecule has 0 unspecified atom stereocenters. The summed E-state index contributed by atoms with van der Waals surface area (Å²) < 4.78 is 29.6. The van der Waals surface area contributed by atoms with Gasteiger partial charge in [-0.3, -0.25) is 4.55 Å². The fourth-order valence-electron chi connectivity index (χ4n) is 1.63. The Kier molecular flexibility index (Phi) is 6.58. The van der Waals surface area contributed by atoms with E-state index in [1.807, 2.05) is 13.0 Å². The van der Waals surface area contributed by atoms with E-state index in [9.17, 15) is 13.5 Å². The van der Waals surface area contributed by atoms with Crippen molar-refractivity contribution >= 4 is 10.1 Å². The van der Waals surface area contributed by atoms with E-state index >= 15 is 0 Å². The second-order valence-electron chi connectivity index (χ2n) is 5.44. The van der Waals surface area contributed by atoms with Crippen LogP contribution in [0.3, 0.4) is 0 Å². The van der Waals surface area contributed by atoms with Crippen LogP contribution in [-0.4, -0.2) is 23.7 Å². The Hall–Kier alpha value is -1.17. The van der Waals surface area contributed by atoms with Crippen molar-refractivity contribution in [2.24, 2.45) is 0 Å². The van der Waals surface area contributed by atoms with Crippen LogP contribution < -0.4 is 0 Å². The minimum absolute atomic E-state index is 0.0666. The van der Waals surface area contributed by atoms with Crippen LogP contribution in [0, 0.1) is 6.92 Å². The van der Waals surface area contributed by atoms with Crippen LogP contribution in [0.25, 0.3) is 0 Å². The van der Waals surface area contributed by atoms with Crippen molar-refractivity contribution in [2.45, 2.75) is 56.4 Å². The van der Waals surface area contributed by atoms with Gasteiger partial charge in [-0.2, -0.15) is 8.42 Å². The van der Waals surface area contributed by atoms with Crippen LogP contribution in [0.1, 0.15) is 44.6 Å². The number of rotatable bonds is 5. The first-order valence-electron chi connectivity index (χ1n) is 7.21. The van der Waals surface area contributed by atoms with Crippen molar-refractivity contribution in [3.8, 4) is 0 Å². The molecule has 1 aliphatic rings. The fourth-order valence-corrected chi connectivity index (χ4v) is 2.11. The zero-order chi connectivity index (χ0) is 15.9. The SMILES string of the molecule is CCCCC=CC1(O)CC1.Cc1ccc(S(=O)(=O)O)cc1. The van der Waals surface area contributed by atoms with Gasteiger partial charge in [0, 0.05) is 0 Å². The Balaban J connectivity index is 0.000000211. The molecule has 0 bridgehead atoms. The summed E-state index contributed by atoms with van der Waals surface area (Å²) >= 11 is 0. The Morgan fingerprint density at radius 3 is 2.24 bits per heavy atom. The molecule has 1 aromatic carbocycles. The fraction of sp³-hybridized carbons (Fsp3) is 0.500. The maximum Gasteiger partial charge on any atom is 0.294 e. The molecule has 21 heavy (non-hydrogen) atoms. The van der Waals surface area contributed by atoms with E-state index in [4.69, 9.17) is 4.55 Å². The average Bonchev–Trinajstić information content (AvgIpc) is 3.13. The molecule has 0 spiro atoms. The highest BCUT2D eigenvalue weighted by Gasteiger charge is 2.36. The third kappa shape index (κ3) is 7.41. The Bertz CT molecular complexity index is 554. The van der Waals surface area contributed by atoms with Crippen molar-refractivity contribution in [1.82, 2.24) is 0 Å². The number of hydrogen-bond acceptors (Lipinski definition) is 3. The number of aliphatic hydroxyl groups is 1. The van der Waals surface area contributed by atoms with E-state index in [0.29, 0.717) is 0 Å². The van der Waals surface area contributed by atoms with Crippen molar-refractivity contribution in [2.75, 3.05) is 0 Å². The van der Waals surface area contributed by atoms with E-state index in [1.54, 1.807) is 12.1 Å². The first-order chi connectivity index (χ1) is 9.77. The third-order valence-electron chi connectivity index (χ3n) is 3.23. The highest BCUT2D eigenvalue weighted by Crippen LogP contribution is 2.36. The first kappa shape index (κ1) is 17.9. The lowest BCUT2D eigenvalue weighted by Gasteiger charge is -1.96. The van der Waals surface area contributed by atoms with E-state index < -0.39 is 10.1 Å². The van der Waals surface area contributed by atoms with Crippen molar-refractivity contribution in [3.05, 3.63) is 42.0 Å². The molecule has 1 fully saturated rings. The average molecular weight is 312 g/mol. The topological polar surface area (TPSA) is 74.6 Å². The van der Waals surface area contributed by atoms with Crippen LogP contribution in [0.2, 0.25) is 0 Å². The molecule has 2 rings (SSSR count). The summed E-state index contributed by atoms with van der Waals surface area (Å²) in [5.41, 5.74) is 0.575. The second kappa shape index (κ2) is 7.73. The Morgan fingerprint density at radius 2 is 1.81 bits per heavy atom. The quantitative estimate of drug-likeness (QED) is 0.496. The molecule has 118 valence electrons. The van der Waals surface area contributed by atoms with Crippen LogP contribution in [0.5, 0.6) is 0 Å². The maximum absolute atomic E-state index is 10.5. The van der Waals surface area contributed by atoms with Gasteiger partial charge < -0.3 is 5.11 Å². The Labute approximate surface area is 127 Å². The van der Waals surface area contributed by atoms with Gasteiger partial charge in [0.25, 0.3) is 10.1 Å². The highest BCUT2D eigenvalue weighted by molar-refractivity contribution is 7.85. The molecule has 1 aromatic rings. The lowest BCUT2D eigenvalue weighted by molar-refractivity contribution is 0.202. The number of allylic oxidation sites excluding steroid dienone is 1. The molecule has 4 nitrogen and oxygen atoms in total. The molecule has 0 radical (unpaired) electrons. The molecule has 0 aromatic heterocycles. The van der Waals surface area contributed by atoms with Gasteiger partial charge in [-0.1, -0.05) is 49.6 Å². The molecule has 1 aliphatic carbocycles. The molecule has 2 N–H and O–H groups in total. The second-order valence-corrected chi connectivity index (χ2v) is 6.86. The van der Waals surface area contributed by atoms with Crippen LogP contribution in [0.4, 0.5) is 0 Å². The van der Waals surface area contributed by atoms with Crippen molar-refractivity contribution in [1.29, 1.82) is 0 Å².